The first-order valence-electron chi connectivity index (χ1n) is 18.7. The van der Waals surface area contributed by atoms with E-state index in [1.165, 1.54) is 167 Å². The zero-order valence-corrected chi connectivity index (χ0v) is 29.1. The first-order chi connectivity index (χ1) is 20.0. The third-order valence-electron chi connectivity index (χ3n) is 8.69. The number of rotatable bonds is 34. The van der Waals surface area contributed by atoms with Crippen LogP contribution in [0, 0.1) is 0 Å². The van der Waals surface area contributed by atoms with Crippen LogP contribution in [0.2, 0.25) is 0 Å². The number of aliphatic hydroxyl groups is 1. The molecule has 0 radical (unpaired) electrons. The van der Waals surface area contributed by atoms with Crippen LogP contribution in [0.3, 0.4) is 0 Å². The maximum Gasteiger partial charge on any atom is 0.154 e. The molecule has 0 saturated carbocycles. The molecule has 1 N–H and O–H groups in total. The Bertz CT molecular complexity index is 472. The third kappa shape index (κ3) is 31.1. The van der Waals surface area contributed by atoms with Gasteiger partial charge in [0.2, 0.25) is 0 Å². The molecule has 4 nitrogen and oxygen atoms in total. The van der Waals surface area contributed by atoms with E-state index in [0.717, 1.165) is 25.7 Å². The molecule has 0 aliphatic heterocycles. The smallest absolute Gasteiger partial charge is 0.154 e. The van der Waals surface area contributed by atoms with Crippen molar-refractivity contribution < 1.29 is 9.84 Å². The summed E-state index contributed by atoms with van der Waals surface area (Å²) < 4.78 is 6.23. The highest BCUT2D eigenvalue weighted by Crippen LogP contribution is 2.19. The SMILES string of the molecule is CCCCCCCCC(CCCCCCCC)OC(O)CCCCCCCN(CCCCCCC)CCCN(C)C. The second kappa shape index (κ2) is 32.7. The van der Waals surface area contributed by atoms with E-state index >= 15 is 0 Å². The molecule has 0 heterocycles. The van der Waals surface area contributed by atoms with Crippen molar-refractivity contribution in [3.63, 3.8) is 0 Å². The molecule has 0 rings (SSSR count). The Kier molecular flexibility index (Phi) is 32.6. The van der Waals surface area contributed by atoms with Gasteiger partial charge >= 0.3 is 0 Å². The van der Waals surface area contributed by atoms with Crippen molar-refractivity contribution in [1.82, 2.24) is 9.80 Å². The van der Waals surface area contributed by atoms with Gasteiger partial charge in [0.05, 0.1) is 6.10 Å². The largest absolute Gasteiger partial charge is 0.368 e. The fourth-order valence-corrected chi connectivity index (χ4v) is 5.94. The van der Waals surface area contributed by atoms with Crippen LogP contribution < -0.4 is 0 Å². The Morgan fingerprint density at radius 1 is 0.439 bits per heavy atom. The lowest BCUT2D eigenvalue weighted by atomic mass is 10.0. The van der Waals surface area contributed by atoms with Crippen LogP contribution >= 0.6 is 0 Å². The van der Waals surface area contributed by atoms with Gasteiger partial charge in [-0.2, -0.15) is 0 Å². The first kappa shape index (κ1) is 40.8. The van der Waals surface area contributed by atoms with Gasteiger partial charge in [0.25, 0.3) is 0 Å². The maximum atomic E-state index is 10.7. The zero-order valence-electron chi connectivity index (χ0n) is 29.1. The Balaban J connectivity index is 4.17. The van der Waals surface area contributed by atoms with Crippen molar-refractivity contribution in [3.8, 4) is 0 Å². The molecule has 0 aromatic rings. The molecule has 248 valence electrons. The van der Waals surface area contributed by atoms with E-state index in [4.69, 9.17) is 4.74 Å². The number of unbranched alkanes of at least 4 members (excludes halogenated alkanes) is 18. The second-order valence-electron chi connectivity index (χ2n) is 13.3. The third-order valence-corrected chi connectivity index (χ3v) is 8.69. The fourth-order valence-electron chi connectivity index (χ4n) is 5.94. The van der Waals surface area contributed by atoms with Gasteiger partial charge in [-0.1, -0.05) is 143 Å². The molecule has 4 heteroatoms. The Morgan fingerprint density at radius 2 is 0.805 bits per heavy atom. The summed E-state index contributed by atoms with van der Waals surface area (Å²) in [5.41, 5.74) is 0. The molecular formula is C37H78N2O2. The van der Waals surface area contributed by atoms with E-state index < -0.39 is 6.29 Å². The lowest BCUT2D eigenvalue weighted by Crippen LogP contribution is -2.29. The van der Waals surface area contributed by atoms with E-state index in [1.54, 1.807) is 0 Å². The number of ether oxygens (including phenoxy) is 1. The van der Waals surface area contributed by atoms with E-state index in [2.05, 4.69) is 44.7 Å². The van der Waals surface area contributed by atoms with Crippen molar-refractivity contribution in [2.45, 2.75) is 200 Å². The summed E-state index contributed by atoms with van der Waals surface area (Å²) in [6.07, 6.45) is 33.0. The molecule has 1 atom stereocenters. The van der Waals surface area contributed by atoms with Gasteiger partial charge in [0.15, 0.2) is 6.29 Å². The molecule has 0 bridgehead atoms. The predicted molar refractivity (Wildman–Crippen MR) is 183 cm³/mol. The van der Waals surface area contributed by atoms with Crippen LogP contribution in [-0.4, -0.2) is 67.6 Å². The lowest BCUT2D eigenvalue weighted by molar-refractivity contribution is -0.144. The van der Waals surface area contributed by atoms with Gasteiger partial charge in [-0.05, 0) is 85.2 Å². The molecule has 0 aliphatic carbocycles. The minimum absolute atomic E-state index is 0.253. The Labute approximate surface area is 259 Å². The van der Waals surface area contributed by atoms with Crippen molar-refractivity contribution >= 4 is 0 Å². The standard InChI is InChI=1S/C37H78N2O2/c1-6-9-12-15-18-23-29-36(30-24-19-16-13-10-7-2)41-37(40)31-25-20-17-22-27-34-39(35-28-32-38(4)5)33-26-21-14-11-8-3/h36-37,40H,6-35H2,1-5H3. The summed E-state index contributed by atoms with van der Waals surface area (Å²) in [4.78, 5) is 5.03. The maximum absolute atomic E-state index is 10.7. The Hall–Kier alpha value is -0.160. The normalized spacial score (nSPS) is 12.8. The molecule has 41 heavy (non-hydrogen) atoms. The molecule has 0 aliphatic rings. The van der Waals surface area contributed by atoms with Crippen LogP contribution in [0.4, 0.5) is 0 Å². The molecule has 0 aromatic heterocycles. The van der Waals surface area contributed by atoms with Crippen LogP contribution in [0.25, 0.3) is 0 Å². The highest BCUT2D eigenvalue weighted by atomic mass is 16.6. The van der Waals surface area contributed by atoms with Gasteiger partial charge in [-0.3, -0.25) is 0 Å². The fraction of sp³-hybridized carbons (Fsp3) is 1.00. The highest BCUT2D eigenvalue weighted by molar-refractivity contribution is 4.63. The monoisotopic (exact) mass is 583 g/mol. The van der Waals surface area contributed by atoms with Crippen LogP contribution in [0.5, 0.6) is 0 Å². The van der Waals surface area contributed by atoms with Crippen LogP contribution in [0.1, 0.15) is 188 Å². The number of hydrogen-bond donors (Lipinski definition) is 1. The molecule has 0 aromatic carbocycles. The summed E-state index contributed by atoms with van der Waals surface area (Å²) in [7, 11) is 4.37. The van der Waals surface area contributed by atoms with E-state index in [-0.39, 0.29) is 6.10 Å². The van der Waals surface area contributed by atoms with Gasteiger partial charge in [0, 0.05) is 0 Å². The summed E-state index contributed by atoms with van der Waals surface area (Å²) in [6.45, 7) is 11.8. The van der Waals surface area contributed by atoms with E-state index in [0.29, 0.717) is 0 Å². The average Bonchev–Trinajstić information content (AvgIpc) is 2.95. The predicted octanol–water partition coefficient (Wildman–Crippen LogP) is 10.8. The van der Waals surface area contributed by atoms with E-state index in [1.807, 2.05) is 0 Å². The topological polar surface area (TPSA) is 35.9 Å². The van der Waals surface area contributed by atoms with Crippen LogP contribution in [0.15, 0.2) is 0 Å². The van der Waals surface area contributed by atoms with Crippen molar-refractivity contribution in [2.75, 3.05) is 40.3 Å². The second-order valence-corrected chi connectivity index (χ2v) is 13.3. The molecular weight excluding hydrogens is 504 g/mol. The summed E-state index contributed by atoms with van der Waals surface area (Å²) in [5, 5.41) is 10.7. The van der Waals surface area contributed by atoms with Crippen LogP contribution in [-0.2, 0) is 4.74 Å². The average molecular weight is 583 g/mol. The summed E-state index contributed by atoms with van der Waals surface area (Å²) in [6, 6.07) is 0. The van der Waals surface area contributed by atoms with E-state index in [9.17, 15) is 5.11 Å². The molecule has 0 amide bonds. The van der Waals surface area contributed by atoms with Crippen molar-refractivity contribution in [3.05, 3.63) is 0 Å². The quantitative estimate of drug-likeness (QED) is 0.0604. The molecule has 1 unspecified atom stereocenters. The first-order valence-corrected chi connectivity index (χ1v) is 18.7. The molecule has 0 fully saturated rings. The van der Waals surface area contributed by atoms with Gasteiger partial charge in [-0.15, -0.1) is 0 Å². The van der Waals surface area contributed by atoms with Gasteiger partial charge in [0.1, 0.15) is 0 Å². The summed E-state index contributed by atoms with van der Waals surface area (Å²) in [5.74, 6) is 0. The number of hydrogen-bond acceptors (Lipinski definition) is 4. The summed E-state index contributed by atoms with van der Waals surface area (Å²) >= 11 is 0. The number of aliphatic hydroxyl groups excluding tert-OH is 1. The highest BCUT2D eigenvalue weighted by Gasteiger charge is 2.14. The molecule has 0 spiro atoms. The zero-order chi connectivity index (χ0) is 30.2. The Morgan fingerprint density at radius 3 is 1.24 bits per heavy atom. The van der Waals surface area contributed by atoms with Crippen molar-refractivity contribution in [2.24, 2.45) is 0 Å². The minimum atomic E-state index is -0.569. The lowest BCUT2D eigenvalue weighted by Gasteiger charge is -2.23. The van der Waals surface area contributed by atoms with Gasteiger partial charge < -0.3 is 19.6 Å². The minimum Gasteiger partial charge on any atom is -0.368 e. The van der Waals surface area contributed by atoms with Crippen molar-refractivity contribution in [1.29, 1.82) is 0 Å². The molecule has 0 saturated heterocycles. The van der Waals surface area contributed by atoms with Gasteiger partial charge in [-0.25, -0.2) is 0 Å². The number of nitrogens with zero attached hydrogens (tertiary/aromatic N) is 2.